The molecule has 4 amide bonds. The first-order chi connectivity index (χ1) is 12.6. The summed E-state index contributed by atoms with van der Waals surface area (Å²) >= 11 is 0. The Hall–Kier alpha value is -2.73. The van der Waals surface area contributed by atoms with Crippen molar-refractivity contribution in [2.24, 2.45) is 11.5 Å². The average molecular weight is 387 g/mol. The number of primary amides is 1. The third kappa shape index (κ3) is 6.18. The molecule has 152 valence electrons. The van der Waals surface area contributed by atoms with Crippen LogP contribution in [0.1, 0.15) is 26.2 Å². The van der Waals surface area contributed by atoms with Gasteiger partial charge in [-0.3, -0.25) is 19.2 Å². The number of amides is 4. The molecular weight excluding hydrogens is 362 g/mol. The normalized spacial score (nSPS) is 19.7. The van der Waals surface area contributed by atoms with Crippen LogP contribution in [0.2, 0.25) is 0 Å². The number of aliphatic carboxylic acids is 1. The van der Waals surface area contributed by atoms with Gasteiger partial charge in [0.25, 0.3) is 0 Å². The number of likely N-dealkylation sites (tertiary alicyclic amines) is 1. The maximum atomic E-state index is 12.4. The van der Waals surface area contributed by atoms with Crippen molar-refractivity contribution in [3.05, 3.63) is 0 Å². The second-order valence-electron chi connectivity index (χ2n) is 6.28. The molecule has 12 nitrogen and oxygen atoms in total. The fourth-order valence-corrected chi connectivity index (χ4v) is 2.67. The summed E-state index contributed by atoms with van der Waals surface area (Å²) in [5, 5.41) is 22.5. The third-order valence-electron chi connectivity index (χ3n) is 4.12. The summed E-state index contributed by atoms with van der Waals surface area (Å²) < 4.78 is 0. The van der Waals surface area contributed by atoms with Gasteiger partial charge in [-0.25, -0.2) is 4.79 Å². The summed E-state index contributed by atoms with van der Waals surface area (Å²) in [5.74, 6) is -4.33. The molecule has 4 atom stereocenters. The molecule has 1 aliphatic rings. The van der Waals surface area contributed by atoms with E-state index in [1.165, 1.54) is 11.8 Å². The van der Waals surface area contributed by atoms with Gasteiger partial charge in [0.2, 0.25) is 23.6 Å². The maximum absolute atomic E-state index is 12.4. The Balaban J connectivity index is 2.69. The predicted molar refractivity (Wildman–Crippen MR) is 90.8 cm³/mol. The lowest BCUT2D eigenvalue weighted by Crippen LogP contribution is -2.56. The van der Waals surface area contributed by atoms with Crippen LogP contribution in [0.5, 0.6) is 0 Å². The number of rotatable bonds is 9. The number of nitrogens with one attached hydrogen (secondary N) is 2. The van der Waals surface area contributed by atoms with Crippen molar-refractivity contribution in [3.8, 4) is 0 Å². The smallest absolute Gasteiger partial charge is 0.326 e. The van der Waals surface area contributed by atoms with E-state index in [1.807, 2.05) is 0 Å². The maximum Gasteiger partial charge on any atom is 0.326 e. The number of nitrogens with zero attached hydrogens (tertiary/aromatic N) is 1. The van der Waals surface area contributed by atoms with E-state index in [0.717, 1.165) is 0 Å². The van der Waals surface area contributed by atoms with E-state index in [4.69, 9.17) is 21.7 Å². The first-order valence-corrected chi connectivity index (χ1v) is 8.37. The van der Waals surface area contributed by atoms with Gasteiger partial charge in [0.15, 0.2) is 0 Å². The molecule has 0 saturated carbocycles. The Morgan fingerprint density at radius 3 is 2.37 bits per heavy atom. The van der Waals surface area contributed by atoms with Gasteiger partial charge < -0.3 is 37.2 Å². The van der Waals surface area contributed by atoms with Crippen molar-refractivity contribution in [2.45, 2.75) is 50.4 Å². The summed E-state index contributed by atoms with van der Waals surface area (Å²) in [6.45, 7) is 1.07. The second-order valence-corrected chi connectivity index (χ2v) is 6.28. The second kappa shape index (κ2) is 9.83. The Labute approximate surface area is 155 Å². The molecule has 1 fully saturated rings. The molecule has 0 radical (unpaired) electrons. The number of hydrogen-bond acceptors (Lipinski definition) is 7. The van der Waals surface area contributed by atoms with Crippen molar-refractivity contribution in [3.63, 3.8) is 0 Å². The lowest BCUT2D eigenvalue weighted by Gasteiger charge is -2.27. The van der Waals surface area contributed by atoms with Crippen LogP contribution in [0, 0.1) is 0 Å². The molecule has 1 aliphatic heterocycles. The van der Waals surface area contributed by atoms with Gasteiger partial charge in [-0.2, -0.15) is 0 Å². The zero-order chi connectivity index (χ0) is 20.7. The summed E-state index contributed by atoms with van der Waals surface area (Å²) in [4.78, 5) is 59.8. The standard InChI is InChI=1S/C15H25N5O7/c1-7(12(23)19-9(15(26)27)5-11(17)22)18-13(24)10-3-2-4-20(10)14(25)8(16)6-21/h7-10,21H,2-6,16H2,1H3,(H2,17,22)(H,18,24)(H,19,23)(H,26,27). The number of aliphatic hydroxyl groups is 1. The molecule has 8 N–H and O–H groups in total. The topological polar surface area (TPSA) is 205 Å². The van der Waals surface area contributed by atoms with E-state index in [-0.39, 0.29) is 0 Å². The zero-order valence-electron chi connectivity index (χ0n) is 14.9. The van der Waals surface area contributed by atoms with Crippen LogP contribution in [-0.2, 0) is 24.0 Å². The van der Waals surface area contributed by atoms with Gasteiger partial charge in [-0.05, 0) is 19.8 Å². The molecule has 0 spiro atoms. The van der Waals surface area contributed by atoms with E-state index in [9.17, 15) is 24.0 Å². The average Bonchev–Trinajstić information content (AvgIpc) is 3.08. The van der Waals surface area contributed by atoms with Crippen molar-refractivity contribution < 1.29 is 34.2 Å². The van der Waals surface area contributed by atoms with Crippen molar-refractivity contribution in [2.75, 3.05) is 13.2 Å². The van der Waals surface area contributed by atoms with Gasteiger partial charge in [-0.1, -0.05) is 0 Å². The van der Waals surface area contributed by atoms with Crippen LogP contribution in [0.3, 0.4) is 0 Å². The molecule has 27 heavy (non-hydrogen) atoms. The van der Waals surface area contributed by atoms with Gasteiger partial charge in [-0.15, -0.1) is 0 Å². The fourth-order valence-electron chi connectivity index (χ4n) is 2.67. The van der Waals surface area contributed by atoms with E-state index < -0.39 is 66.8 Å². The summed E-state index contributed by atoms with van der Waals surface area (Å²) in [6, 6.07) is -4.60. The van der Waals surface area contributed by atoms with Gasteiger partial charge in [0, 0.05) is 6.54 Å². The fraction of sp³-hybridized carbons (Fsp3) is 0.667. The predicted octanol–water partition coefficient (Wildman–Crippen LogP) is -3.75. The van der Waals surface area contributed by atoms with Crippen LogP contribution >= 0.6 is 0 Å². The van der Waals surface area contributed by atoms with Gasteiger partial charge in [0.05, 0.1) is 13.0 Å². The number of carbonyl (C=O) groups excluding carboxylic acids is 4. The van der Waals surface area contributed by atoms with Gasteiger partial charge >= 0.3 is 5.97 Å². The minimum atomic E-state index is -1.51. The number of hydrogen-bond donors (Lipinski definition) is 6. The Kier molecular flexibility index (Phi) is 8.12. The Morgan fingerprint density at radius 1 is 1.22 bits per heavy atom. The zero-order valence-corrected chi connectivity index (χ0v) is 14.9. The summed E-state index contributed by atoms with van der Waals surface area (Å²) in [6.07, 6.45) is 0.331. The Bertz CT molecular complexity index is 611. The molecule has 1 heterocycles. The van der Waals surface area contributed by atoms with E-state index in [2.05, 4.69) is 10.6 Å². The van der Waals surface area contributed by atoms with Crippen molar-refractivity contribution in [1.29, 1.82) is 0 Å². The van der Waals surface area contributed by atoms with Crippen LogP contribution in [0.25, 0.3) is 0 Å². The van der Waals surface area contributed by atoms with Crippen LogP contribution in [0.4, 0.5) is 0 Å². The molecule has 12 heteroatoms. The van der Waals surface area contributed by atoms with Crippen LogP contribution in [-0.4, -0.2) is 82.0 Å². The largest absolute Gasteiger partial charge is 0.480 e. The third-order valence-corrected chi connectivity index (χ3v) is 4.12. The summed E-state index contributed by atoms with van der Waals surface area (Å²) in [5.41, 5.74) is 10.4. The SMILES string of the molecule is CC(NC(=O)C1CCCN1C(=O)C(N)CO)C(=O)NC(CC(N)=O)C(=O)O. The number of aliphatic hydroxyl groups excluding tert-OH is 1. The molecule has 0 aromatic heterocycles. The highest BCUT2D eigenvalue weighted by molar-refractivity contribution is 5.94. The highest BCUT2D eigenvalue weighted by Crippen LogP contribution is 2.18. The number of carboxylic acid groups (broad SMARTS) is 1. The summed E-state index contributed by atoms with van der Waals surface area (Å²) in [7, 11) is 0. The monoisotopic (exact) mass is 387 g/mol. The highest BCUT2D eigenvalue weighted by Gasteiger charge is 2.37. The number of carboxylic acids is 1. The van der Waals surface area contributed by atoms with E-state index in [1.54, 1.807) is 0 Å². The van der Waals surface area contributed by atoms with Crippen LogP contribution < -0.4 is 22.1 Å². The molecule has 1 saturated heterocycles. The number of carbonyl (C=O) groups is 5. The minimum Gasteiger partial charge on any atom is -0.480 e. The molecule has 0 aromatic rings. The molecule has 0 aliphatic carbocycles. The van der Waals surface area contributed by atoms with E-state index >= 15 is 0 Å². The first-order valence-electron chi connectivity index (χ1n) is 8.37. The Morgan fingerprint density at radius 2 is 1.85 bits per heavy atom. The van der Waals surface area contributed by atoms with E-state index in [0.29, 0.717) is 19.4 Å². The number of nitrogens with two attached hydrogens (primary N) is 2. The lowest BCUT2D eigenvalue weighted by molar-refractivity contribution is -0.144. The van der Waals surface area contributed by atoms with Crippen molar-refractivity contribution >= 4 is 29.6 Å². The van der Waals surface area contributed by atoms with Crippen molar-refractivity contribution in [1.82, 2.24) is 15.5 Å². The highest BCUT2D eigenvalue weighted by atomic mass is 16.4. The molecular formula is C15H25N5O7. The van der Waals surface area contributed by atoms with Crippen LogP contribution in [0.15, 0.2) is 0 Å². The minimum absolute atomic E-state index is 0.297. The first kappa shape index (κ1) is 22.3. The lowest BCUT2D eigenvalue weighted by atomic mass is 10.1. The van der Waals surface area contributed by atoms with Gasteiger partial charge in [0.1, 0.15) is 24.2 Å². The molecule has 4 unspecified atom stereocenters. The molecule has 0 bridgehead atoms. The molecule has 1 rings (SSSR count). The quantitative estimate of drug-likeness (QED) is 0.231. The molecule has 0 aromatic carbocycles.